The number of nitrogens with one attached hydrogen (secondary N) is 1. The van der Waals surface area contributed by atoms with Crippen molar-refractivity contribution in [2.45, 2.75) is 19.4 Å². The average Bonchev–Trinajstić information content (AvgIpc) is 2.97. The van der Waals surface area contributed by atoms with Crippen molar-refractivity contribution in [2.75, 3.05) is 6.54 Å². The van der Waals surface area contributed by atoms with E-state index in [0.717, 1.165) is 16.9 Å². The Hall–Kier alpha value is -2.09. The third kappa shape index (κ3) is 5.07. The first-order chi connectivity index (χ1) is 10.3. The van der Waals surface area contributed by atoms with Gasteiger partial charge in [0.1, 0.15) is 0 Å². The largest absolute Gasteiger partial charge is 0.351 e. The highest BCUT2D eigenvalue weighted by molar-refractivity contribution is 7.10. The molecule has 0 saturated carbocycles. The molecule has 4 heteroatoms. The highest BCUT2D eigenvalue weighted by Crippen LogP contribution is 2.15. The van der Waals surface area contributed by atoms with Crippen LogP contribution in [0.5, 0.6) is 0 Å². The summed E-state index contributed by atoms with van der Waals surface area (Å²) >= 11 is 1.60. The van der Waals surface area contributed by atoms with E-state index in [-0.39, 0.29) is 5.91 Å². The maximum absolute atomic E-state index is 11.9. The predicted molar refractivity (Wildman–Crippen MR) is 86.9 cm³/mol. The van der Waals surface area contributed by atoms with Gasteiger partial charge in [0.05, 0.1) is 13.1 Å². The minimum absolute atomic E-state index is 0.0602. The fourth-order valence-electron chi connectivity index (χ4n) is 1.90. The van der Waals surface area contributed by atoms with Gasteiger partial charge in [0.2, 0.25) is 5.91 Å². The topological polar surface area (TPSA) is 55.1 Å². The zero-order chi connectivity index (χ0) is 14.9. The van der Waals surface area contributed by atoms with Crippen molar-refractivity contribution in [3.63, 3.8) is 0 Å². The molecule has 0 radical (unpaired) electrons. The Morgan fingerprint density at radius 2 is 2.05 bits per heavy atom. The molecular weight excluding hydrogens is 280 g/mol. The van der Waals surface area contributed by atoms with Crippen molar-refractivity contribution >= 4 is 17.2 Å². The number of benzene rings is 1. The minimum atomic E-state index is 0.0602. The second-order valence-electron chi connectivity index (χ2n) is 4.53. The molecule has 0 aliphatic rings. The summed E-state index contributed by atoms with van der Waals surface area (Å²) in [6, 6.07) is 12.0. The smallest absolute Gasteiger partial charge is 0.220 e. The Labute approximate surface area is 129 Å². The lowest BCUT2D eigenvalue weighted by atomic mass is 10.1. The van der Waals surface area contributed by atoms with Gasteiger partial charge in [-0.3, -0.25) is 4.79 Å². The van der Waals surface area contributed by atoms with Gasteiger partial charge in [-0.1, -0.05) is 42.2 Å². The summed E-state index contributed by atoms with van der Waals surface area (Å²) in [5.74, 6) is 5.92. The number of hydrogen-bond donors (Lipinski definition) is 2. The molecule has 1 heterocycles. The molecule has 1 amide bonds. The fraction of sp³-hybridized carbons (Fsp3) is 0.235. The lowest BCUT2D eigenvalue weighted by Gasteiger charge is -2.04. The van der Waals surface area contributed by atoms with Gasteiger partial charge in [0.25, 0.3) is 0 Å². The molecule has 0 fully saturated rings. The van der Waals surface area contributed by atoms with Crippen molar-refractivity contribution in [1.29, 1.82) is 0 Å². The molecule has 2 aromatic rings. The van der Waals surface area contributed by atoms with Gasteiger partial charge in [0, 0.05) is 16.9 Å². The van der Waals surface area contributed by atoms with Crippen LogP contribution in [-0.2, 0) is 17.8 Å². The Kier molecular flexibility index (Phi) is 6.01. The minimum Gasteiger partial charge on any atom is -0.351 e. The van der Waals surface area contributed by atoms with Crippen molar-refractivity contribution in [3.05, 3.63) is 57.8 Å². The maximum Gasteiger partial charge on any atom is 0.220 e. The van der Waals surface area contributed by atoms with Crippen LogP contribution in [0.2, 0.25) is 0 Å². The van der Waals surface area contributed by atoms with E-state index in [1.54, 1.807) is 11.3 Å². The molecule has 3 nitrogen and oxygen atoms in total. The SMILES string of the molecule is NCC#Cc1ccsc1CNC(=O)CCc1ccccc1. The van der Waals surface area contributed by atoms with E-state index in [1.165, 1.54) is 5.56 Å². The number of rotatable bonds is 5. The van der Waals surface area contributed by atoms with Crippen molar-refractivity contribution in [1.82, 2.24) is 5.32 Å². The normalized spacial score (nSPS) is 9.76. The number of amides is 1. The van der Waals surface area contributed by atoms with Gasteiger partial charge in [-0.05, 0) is 23.4 Å². The van der Waals surface area contributed by atoms with Gasteiger partial charge >= 0.3 is 0 Å². The number of hydrogen-bond acceptors (Lipinski definition) is 3. The van der Waals surface area contributed by atoms with Gasteiger partial charge in [-0.25, -0.2) is 0 Å². The summed E-state index contributed by atoms with van der Waals surface area (Å²) in [5.41, 5.74) is 7.50. The van der Waals surface area contributed by atoms with Gasteiger partial charge < -0.3 is 11.1 Å². The van der Waals surface area contributed by atoms with Crippen LogP contribution in [0.15, 0.2) is 41.8 Å². The number of nitrogens with two attached hydrogens (primary N) is 1. The van der Waals surface area contributed by atoms with E-state index < -0.39 is 0 Å². The first kappa shape index (κ1) is 15.3. The fourth-order valence-corrected chi connectivity index (χ4v) is 2.67. The van der Waals surface area contributed by atoms with Crippen LogP contribution in [0, 0.1) is 11.8 Å². The van der Waals surface area contributed by atoms with Gasteiger partial charge in [0.15, 0.2) is 0 Å². The highest BCUT2D eigenvalue weighted by Gasteiger charge is 2.05. The maximum atomic E-state index is 11.9. The Balaban J connectivity index is 1.80. The molecule has 1 aromatic heterocycles. The molecular formula is C17H18N2OS. The molecule has 0 aliphatic heterocycles. The van der Waals surface area contributed by atoms with Crippen LogP contribution in [0.4, 0.5) is 0 Å². The third-order valence-corrected chi connectivity index (χ3v) is 3.92. The molecule has 21 heavy (non-hydrogen) atoms. The van der Waals surface area contributed by atoms with Crippen molar-refractivity contribution in [3.8, 4) is 11.8 Å². The van der Waals surface area contributed by atoms with Gasteiger partial charge in [-0.2, -0.15) is 0 Å². The van der Waals surface area contributed by atoms with Crippen LogP contribution >= 0.6 is 11.3 Å². The lowest BCUT2D eigenvalue weighted by molar-refractivity contribution is -0.121. The Bertz CT molecular complexity index is 638. The second kappa shape index (κ2) is 8.25. The molecule has 0 aliphatic carbocycles. The molecule has 0 spiro atoms. The lowest BCUT2D eigenvalue weighted by Crippen LogP contribution is -2.22. The molecule has 0 bridgehead atoms. The van der Waals surface area contributed by atoms with E-state index in [4.69, 9.17) is 5.73 Å². The summed E-state index contributed by atoms with van der Waals surface area (Å²) in [6.07, 6.45) is 1.26. The summed E-state index contributed by atoms with van der Waals surface area (Å²) in [6.45, 7) is 0.874. The number of thiophene rings is 1. The van der Waals surface area contributed by atoms with Crippen LogP contribution in [0.25, 0.3) is 0 Å². The molecule has 0 atom stereocenters. The van der Waals surface area contributed by atoms with Crippen LogP contribution in [0.3, 0.4) is 0 Å². The standard InChI is InChI=1S/C17H18N2OS/c18-11-4-7-15-10-12-21-16(15)13-19-17(20)9-8-14-5-2-1-3-6-14/h1-3,5-6,10,12H,8-9,11,13,18H2,(H,19,20). The molecule has 1 aromatic carbocycles. The predicted octanol–water partition coefficient (Wildman–Crippen LogP) is 2.31. The van der Waals surface area contributed by atoms with E-state index in [0.29, 0.717) is 19.5 Å². The number of carbonyl (C=O) groups is 1. The van der Waals surface area contributed by atoms with E-state index in [1.807, 2.05) is 41.8 Å². The average molecular weight is 298 g/mol. The second-order valence-corrected chi connectivity index (χ2v) is 5.53. The summed E-state index contributed by atoms with van der Waals surface area (Å²) in [4.78, 5) is 12.9. The summed E-state index contributed by atoms with van der Waals surface area (Å²) in [7, 11) is 0. The number of aryl methyl sites for hydroxylation is 1. The molecule has 108 valence electrons. The molecule has 3 N–H and O–H groups in total. The highest BCUT2D eigenvalue weighted by atomic mass is 32.1. The monoisotopic (exact) mass is 298 g/mol. The van der Waals surface area contributed by atoms with Crippen LogP contribution < -0.4 is 11.1 Å². The van der Waals surface area contributed by atoms with Crippen LogP contribution in [0.1, 0.15) is 22.4 Å². The molecule has 0 saturated heterocycles. The summed E-state index contributed by atoms with van der Waals surface area (Å²) in [5, 5.41) is 4.92. The van der Waals surface area contributed by atoms with Gasteiger partial charge in [-0.15, -0.1) is 11.3 Å². The van der Waals surface area contributed by atoms with Crippen LogP contribution in [-0.4, -0.2) is 12.5 Å². The first-order valence-corrected chi connectivity index (χ1v) is 7.73. The number of carbonyl (C=O) groups excluding carboxylic acids is 1. The quantitative estimate of drug-likeness (QED) is 0.832. The van der Waals surface area contributed by atoms with E-state index in [9.17, 15) is 4.79 Å². The van der Waals surface area contributed by atoms with Crippen molar-refractivity contribution in [2.24, 2.45) is 5.73 Å². The van der Waals surface area contributed by atoms with E-state index in [2.05, 4.69) is 17.2 Å². The van der Waals surface area contributed by atoms with E-state index >= 15 is 0 Å². The molecule has 0 unspecified atom stereocenters. The molecule has 2 rings (SSSR count). The summed E-state index contributed by atoms with van der Waals surface area (Å²) < 4.78 is 0. The zero-order valence-electron chi connectivity index (χ0n) is 11.8. The van der Waals surface area contributed by atoms with Crippen molar-refractivity contribution < 1.29 is 4.79 Å². The Morgan fingerprint density at radius 1 is 1.24 bits per heavy atom. The first-order valence-electron chi connectivity index (χ1n) is 6.85. The third-order valence-electron chi connectivity index (χ3n) is 3.00. The Morgan fingerprint density at radius 3 is 2.81 bits per heavy atom. The zero-order valence-corrected chi connectivity index (χ0v) is 12.6.